The molecule has 4 heterocycles. The van der Waals surface area contributed by atoms with Crippen LogP contribution in [0.2, 0.25) is 51.4 Å². The van der Waals surface area contributed by atoms with Gasteiger partial charge in [0.15, 0.2) is 5.65 Å². The number of piperidine rings is 1. The molecule has 0 bridgehead atoms. The third-order valence-corrected chi connectivity index (χ3v) is 12.9. The van der Waals surface area contributed by atoms with E-state index in [1.165, 1.54) is 4.90 Å². The first-order chi connectivity index (χ1) is 26.1. The highest BCUT2D eigenvalue weighted by Crippen LogP contribution is 2.36. The lowest BCUT2D eigenvalue weighted by Crippen LogP contribution is -2.53. The summed E-state index contributed by atoms with van der Waals surface area (Å²) in [5.41, 5.74) is 2.60. The second-order valence-corrected chi connectivity index (χ2v) is 30.7. The van der Waals surface area contributed by atoms with Gasteiger partial charge in [-0.2, -0.15) is 9.61 Å². The van der Waals surface area contributed by atoms with Gasteiger partial charge in [0.05, 0.1) is 17.4 Å². The zero-order valence-electron chi connectivity index (χ0n) is 35.8. The van der Waals surface area contributed by atoms with Gasteiger partial charge >= 0.3 is 12.1 Å². The molecule has 0 aliphatic carbocycles. The first-order valence-corrected chi connectivity index (χ1v) is 27.4. The number of ether oxygens (including phenoxy) is 4. The summed E-state index contributed by atoms with van der Waals surface area (Å²) in [6.07, 6.45) is 4.14. The maximum absolute atomic E-state index is 13.8. The van der Waals surface area contributed by atoms with Gasteiger partial charge in [0.2, 0.25) is 0 Å². The van der Waals surface area contributed by atoms with Crippen LogP contribution in [0.25, 0.3) is 27.7 Å². The highest BCUT2D eigenvalue weighted by molar-refractivity contribution is 6.76. The van der Waals surface area contributed by atoms with E-state index < -0.39 is 45.5 Å². The number of amides is 1. The average Bonchev–Trinajstić information content (AvgIpc) is 3.52. The van der Waals surface area contributed by atoms with Gasteiger partial charge in [-0.3, -0.25) is 9.88 Å². The van der Waals surface area contributed by atoms with E-state index in [2.05, 4.69) is 50.2 Å². The van der Waals surface area contributed by atoms with E-state index in [0.717, 1.165) is 45.6 Å². The van der Waals surface area contributed by atoms with Gasteiger partial charge in [-0.1, -0.05) is 57.5 Å². The van der Waals surface area contributed by atoms with Crippen LogP contribution in [0, 0.1) is 0 Å². The van der Waals surface area contributed by atoms with Gasteiger partial charge in [0.25, 0.3) is 0 Å². The van der Waals surface area contributed by atoms with Crippen LogP contribution in [0.15, 0.2) is 48.8 Å². The summed E-state index contributed by atoms with van der Waals surface area (Å²) in [6.45, 7) is 27.2. The molecule has 1 fully saturated rings. The normalized spacial score (nSPS) is 17.0. The van der Waals surface area contributed by atoms with Crippen molar-refractivity contribution in [2.45, 2.75) is 129 Å². The van der Waals surface area contributed by atoms with Crippen LogP contribution in [0.1, 0.15) is 66.0 Å². The third-order valence-electron chi connectivity index (χ3n) is 9.49. The van der Waals surface area contributed by atoms with Crippen molar-refractivity contribution in [3.05, 3.63) is 54.5 Å². The Labute approximate surface area is 335 Å². The van der Waals surface area contributed by atoms with Gasteiger partial charge < -0.3 is 23.8 Å². The van der Waals surface area contributed by atoms with Gasteiger partial charge in [-0.25, -0.2) is 14.6 Å². The monoisotopic (exact) mass is 804 g/mol. The summed E-state index contributed by atoms with van der Waals surface area (Å²) in [5, 5.41) is 5.93. The molecule has 1 aromatic carbocycles. The largest absolute Gasteiger partial charge is 0.458 e. The number of fused-ring (bicyclic) bond motifs is 2. The number of carbonyl (C=O) groups excluding carboxylic acids is 2. The van der Waals surface area contributed by atoms with Crippen molar-refractivity contribution in [1.29, 1.82) is 0 Å². The van der Waals surface area contributed by atoms with E-state index in [0.29, 0.717) is 45.2 Å². The van der Waals surface area contributed by atoms with E-state index in [1.807, 2.05) is 88.8 Å². The summed E-state index contributed by atoms with van der Waals surface area (Å²) in [5.74, 6) is 0.110. The summed E-state index contributed by atoms with van der Waals surface area (Å²) < 4.78 is 26.3. The van der Waals surface area contributed by atoms with Crippen molar-refractivity contribution in [1.82, 2.24) is 24.5 Å². The number of nitrogens with zero attached hydrogens (tertiary/aromatic N) is 6. The Morgan fingerprint density at radius 3 is 2.07 bits per heavy atom. The fraction of sp³-hybridized carbons (Fsp3) is 0.595. The molecule has 2 atom stereocenters. The number of esters is 1. The molecule has 14 heteroatoms. The second kappa shape index (κ2) is 17.3. The maximum atomic E-state index is 13.8. The topological polar surface area (TPSA) is 121 Å². The van der Waals surface area contributed by atoms with Crippen molar-refractivity contribution < 1.29 is 28.5 Å². The first kappa shape index (κ1) is 43.3. The lowest BCUT2D eigenvalue weighted by atomic mass is 9.90. The summed E-state index contributed by atoms with van der Waals surface area (Å²) in [6, 6.07) is 13.5. The van der Waals surface area contributed by atoms with Crippen LogP contribution in [0.4, 0.5) is 10.6 Å². The van der Waals surface area contributed by atoms with Gasteiger partial charge in [-0.05, 0) is 78.6 Å². The third kappa shape index (κ3) is 12.1. The number of likely N-dealkylation sites (tertiary alicyclic amines) is 1. The Morgan fingerprint density at radius 1 is 0.839 bits per heavy atom. The second-order valence-electron chi connectivity index (χ2n) is 19.4. The summed E-state index contributed by atoms with van der Waals surface area (Å²) >= 11 is 0. The Hall–Kier alpha value is -3.86. The minimum absolute atomic E-state index is 0.218. The molecule has 0 saturated carbocycles. The molecule has 12 nitrogen and oxygen atoms in total. The van der Waals surface area contributed by atoms with E-state index in [-0.39, 0.29) is 12.5 Å². The molecule has 0 radical (unpaired) electrons. The van der Waals surface area contributed by atoms with E-state index in [9.17, 15) is 9.59 Å². The quantitative estimate of drug-likeness (QED) is 0.0528. The van der Waals surface area contributed by atoms with Crippen LogP contribution < -0.4 is 4.90 Å². The number of anilines is 1. The molecule has 1 aliphatic heterocycles. The molecule has 1 amide bonds. The smallest absolute Gasteiger partial charge is 0.411 e. The molecule has 56 heavy (non-hydrogen) atoms. The van der Waals surface area contributed by atoms with Crippen molar-refractivity contribution in [3.8, 4) is 11.1 Å². The highest BCUT2D eigenvalue weighted by Gasteiger charge is 2.41. The molecule has 1 aliphatic rings. The first-order valence-electron chi connectivity index (χ1n) is 19.9. The molecule has 1 saturated heterocycles. The van der Waals surface area contributed by atoms with Crippen molar-refractivity contribution in [3.63, 3.8) is 0 Å². The Morgan fingerprint density at radius 2 is 1.46 bits per heavy atom. The van der Waals surface area contributed by atoms with E-state index >= 15 is 0 Å². The van der Waals surface area contributed by atoms with E-state index in [1.54, 1.807) is 0 Å². The molecular weight excluding hydrogens is 741 g/mol. The Balaban J connectivity index is 1.59. The van der Waals surface area contributed by atoms with Crippen LogP contribution in [-0.4, -0.2) is 103 Å². The van der Waals surface area contributed by atoms with Gasteiger partial charge in [0.1, 0.15) is 36.5 Å². The maximum Gasteiger partial charge on any atom is 0.411 e. The number of para-hydroxylation sites is 1. The molecule has 4 aromatic rings. The molecule has 0 spiro atoms. The molecule has 5 rings (SSSR count). The fourth-order valence-electron chi connectivity index (χ4n) is 6.45. The SMILES string of the molecule is CC(C)(C)OC(=O)[C@@H]1CC[C@H](c2cc(N(COCC[Si](C)(C)C)COCC[Si](C)(C)C)n3ncc(-c4cnc5ccccc5c4)c3n2)CN1C(=O)OC(C)(C)C. The lowest BCUT2D eigenvalue weighted by molar-refractivity contribution is -0.162. The fourth-order valence-corrected chi connectivity index (χ4v) is 7.96. The van der Waals surface area contributed by atoms with Crippen molar-refractivity contribution in [2.24, 2.45) is 0 Å². The molecule has 306 valence electrons. The number of hydrogen-bond donors (Lipinski definition) is 0. The number of carbonyl (C=O) groups is 2. The Bertz CT molecular complexity index is 1950. The van der Waals surface area contributed by atoms with Crippen LogP contribution in [-0.2, 0) is 23.7 Å². The standard InChI is InChI=1S/C42H64N6O6Si2/c1-41(2,3)53-39(49)36-18-17-31(27-47(36)40(50)54-42(4,5)6)35-24-37(46(28-51-19-21-55(7,8)9)29-52-20-22-56(10,11)12)48-38(45-35)33(26-44-48)32-23-30-15-13-14-16-34(30)43-25-32/h13-16,23-26,31,36H,17-22,27-29H2,1-12H3/t31-,36-/m0/s1. The predicted octanol–water partition coefficient (Wildman–Crippen LogP) is 9.20. The zero-order chi connectivity index (χ0) is 41.1. The molecule has 3 aromatic heterocycles. The molecule has 0 unspecified atom stereocenters. The minimum atomic E-state index is -1.33. The number of hydrogen-bond acceptors (Lipinski definition) is 10. The van der Waals surface area contributed by atoms with Gasteiger partial charge in [0, 0.05) is 70.6 Å². The van der Waals surface area contributed by atoms with Crippen molar-refractivity contribution >= 4 is 50.6 Å². The predicted molar refractivity (Wildman–Crippen MR) is 229 cm³/mol. The van der Waals surface area contributed by atoms with Gasteiger partial charge in [-0.15, -0.1) is 0 Å². The minimum Gasteiger partial charge on any atom is -0.458 e. The number of rotatable bonds is 14. The van der Waals surface area contributed by atoms with Crippen LogP contribution >= 0.6 is 0 Å². The average molecular weight is 805 g/mol. The summed E-state index contributed by atoms with van der Waals surface area (Å²) in [7, 11) is -2.65. The van der Waals surface area contributed by atoms with Crippen molar-refractivity contribution in [2.75, 3.05) is 38.1 Å². The Kier molecular flexibility index (Phi) is 13.4. The zero-order valence-corrected chi connectivity index (χ0v) is 37.8. The summed E-state index contributed by atoms with van der Waals surface area (Å²) in [4.78, 5) is 41.0. The number of benzene rings is 1. The lowest BCUT2D eigenvalue weighted by Gasteiger charge is -2.39. The van der Waals surface area contributed by atoms with Crippen LogP contribution in [0.3, 0.4) is 0 Å². The number of pyridine rings is 1. The molecule has 0 N–H and O–H groups in total. The number of aromatic nitrogens is 4. The highest BCUT2D eigenvalue weighted by atomic mass is 28.3. The molecular formula is C42H64N6O6Si2. The van der Waals surface area contributed by atoms with Crippen LogP contribution in [0.5, 0.6) is 0 Å². The van der Waals surface area contributed by atoms with E-state index in [4.69, 9.17) is 34.0 Å².